The molecule has 0 aromatic heterocycles. The Hall–Kier alpha value is -0.670. The van der Waals surface area contributed by atoms with Gasteiger partial charge in [0, 0.05) is 31.3 Å². The van der Waals surface area contributed by atoms with Crippen LogP contribution in [0.1, 0.15) is 65.2 Å². The number of carbonyl (C=O) groups is 1. The molecule has 6 aliphatic rings. The van der Waals surface area contributed by atoms with Crippen LogP contribution in [0.15, 0.2) is 11.6 Å². The zero-order valence-electron chi connectivity index (χ0n) is 16.0. The molecule has 0 radical (unpaired) electrons. The molecule has 6 rings (SSSR count). The molecule has 5 fully saturated rings. The van der Waals surface area contributed by atoms with Gasteiger partial charge in [-0.25, -0.2) is 0 Å². The molecule has 138 valence electrons. The predicted octanol–water partition coefficient (Wildman–Crippen LogP) is 4.51. The van der Waals surface area contributed by atoms with Crippen LogP contribution in [-0.2, 0) is 14.3 Å². The first kappa shape index (κ1) is 16.5. The monoisotopic (exact) mass is 344 g/mol. The molecule has 4 aliphatic carbocycles. The van der Waals surface area contributed by atoms with Crippen LogP contribution in [0.5, 0.6) is 0 Å². The Bertz CT molecular complexity index is 627. The van der Waals surface area contributed by atoms with E-state index in [1.165, 1.54) is 25.7 Å². The van der Waals surface area contributed by atoms with Gasteiger partial charge in [0.2, 0.25) is 0 Å². The Balaban J connectivity index is 1.51. The summed E-state index contributed by atoms with van der Waals surface area (Å²) in [6.07, 6.45) is 12.0. The molecule has 2 heterocycles. The van der Waals surface area contributed by atoms with Gasteiger partial charge in [-0.15, -0.1) is 0 Å². The van der Waals surface area contributed by atoms with E-state index in [2.05, 4.69) is 13.0 Å². The quantitative estimate of drug-likeness (QED) is 0.692. The smallest absolute Gasteiger partial charge is 0.168 e. The van der Waals surface area contributed by atoms with Gasteiger partial charge in [0.15, 0.2) is 5.79 Å². The summed E-state index contributed by atoms with van der Waals surface area (Å²) in [6, 6.07) is 0. The van der Waals surface area contributed by atoms with Gasteiger partial charge in [-0.2, -0.15) is 0 Å². The summed E-state index contributed by atoms with van der Waals surface area (Å²) in [4.78, 5) is 12.2. The second-order valence-electron chi connectivity index (χ2n) is 9.86. The molecular formula is C22H32O3. The van der Waals surface area contributed by atoms with Crippen molar-refractivity contribution in [2.24, 2.45) is 34.5 Å². The fraction of sp³-hybridized carbons (Fsp3) is 0.864. The van der Waals surface area contributed by atoms with E-state index in [4.69, 9.17) is 9.47 Å². The van der Waals surface area contributed by atoms with Crippen LogP contribution in [0, 0.1) is 34.5 Å². The summed E-state index contributed by atoms with van der Waals surface area (Å²) in [6.45, 7) is 5.07. The normalized spacial score (nSPS) is 53.6. The van der Waals surface area contributed by atoms with Gasteiger partial charge in [0.05, 0.1) is 6.61 Å². The number of hydrogen-bond acceptors (Lipinski definition) is 3. The number of rotatable bonds is 2. The second kappa shape index (κ2) is 5.19. The average Bonchev–Trinajstić information content (AvgIpc) is 2.99. The van der Waals surface area contributed by atoms with E-state index >= 15 is 0 Å². The second-order valence-corrected chi connectivity index (χ2v) is 9.86. The molecule has 3 nitrogen and oxygen atoms in total. The molecular weight excluding hydrogens is 312 g/mol. The third kappa shape index (κ3) is 1.97. The summed E-state index contributed by atoms with van der Waals surface area (Å²) in [5.41, 5.74) is 2.20. The van der Waals surface area contributed by atoms with Crippen molar-refractivity contribution in [1.82, 2.24) is 0 Å². The third-order valence-electron chi connectivity index (χ3n) is 9.20. The highest BCUT2D eigenvalue weighted by atomic mass is 16.7. The van der Waals surface area contributed by atoms with Crippen molar-refractivity contribution in [2.45, 2.75) is 71.0 Å². The predicted molar refractivity (Wildman–Crippen MR) is 95.9 cm³/mol. The molecule has 0 aromatic carbocycles. The Labute approximate surface area is 151 Å². The van der Waals surface area contributed by atoms with Gasteiger partial charge >= 0.3 is 0 Å². The molecule has 0 aromatic rings. The van der Waals surface area contributed by atoms with E-state index in [-0.39, 0.29) is 22.5 Å². The van der Waals surface area contributed by atoms with Crippen molar-refractivity contribution in [3.8, 4) is 0 Å². The van der Waals surface area contributed by atoms with Crippen LogP contribution in [0.2, 0.25) is 0 Å². The number of ketones is 1. The number of Topliss-reactive ketones (excluding diaryl/α,β-unsaturated/α-hetero) is 1. The van der Waals surface area contributed by atoms with Crippen molar-refractivity contribution >= 4 is 5.78 Å². The topological polar surface area (TPSA) is 35.5 Å². The van der Waals surface area contributed by atoms with Crippen LogP contribution >= 0.6 is 0 Å². The third-order valence-corrected chi connectivity index (χ3v) is 9.20. The molecule has 3 saturated carbocycles. The van der Waals surface area contributed by atoms with Gasteiger partial charge in [0.25, 0.3) is 0 Å². The van der Waals surface area contributed by atoms with E-state index < -0.39 is 0 Å². The molecule has 2 saturated heterocycles. The highest BCUT2D eigenvalue weighted by Gasteiger charge is 2.63. The Morgan fingerprint density at radius 2 is 2.08 bits per heavy atom. The first-order valence-electron chi connectivity index (χ1n) is 10.3. The van der Waals surface area contributed by atoms with Crippen LogP contribution in [0.3, 0.4) is 0 Å². The zero-order valence-corrected chi connectivity index (χ0v) is 16.0. The minimum absolute atomic E-state index is 0.198. The van der Waals surface area contributed by atoms with Gasteiger partial charge < -0.3 is 9.47 Å². The van der Waals surface area contributed by atoms with E-state index in [9.17, 15) is 4.79 Å². The van der Waals surface area contributed by atoms with Gasteiger partial charge in [-0.1, -0.05) is 18.6 Å². The molecule has 0 amide bonds. The minimum Gasteiger partial charge on any atom is -0.353 e. The summed E-state index contributed by atoms with van der Waals surface area (Å²) >= 11 is 0. The minimum atomic E-state index is -0.296. The Morgan fingerprint density at radius 3 is 2.76 bits per heavy atom. The number of ether oxygens (including phenoxy) is 2. The average molecular weight is 344 g/mol. The van der Waals surface area contributed by atoms with Crippen LogP contribution < -0.4 is 0 Å². The van der Waals surface area contributed by atoms with Crippen molar-refractivity contribution in [3.05, 3.63) is 11.6 Å². The molecule has 25 heavy (non-hydrogen) atoms. The fourth-order valence-corrected chi connectivity index (χ4v) is 7.85. The van der Waals surface area contributed by atoms with Gasteiger partial charge in [-0.05, 0) is 68.6 Å². The summed E-state index contributed by atoms with van der Waals surface area (Å²) in [5, 5.41) is 0. The van der Waals surface area contributed by atoms with Crippen molar-refractivity contribution in [2.75, 3.05) is 13.7 Å². The van der Waals surface area contributed by atoms with Crippen molar-refractivity contribution < 1.29 is 14.3 Å². The lowest BCUT2D eigenvalue weighted by Crippen LogP contribution is -2.61. The number of carbonyl (C=O) groups excluding carboxylic acids is 1. The molecule has 3 heteroatoms. The molecule has 1 spiro atoms. The van der Waals surface area contributed by atoms with Crippen LogP contribution in [0.4, 0.5) is 0 Å². The molecule has 0 N–H and O–H groups in total. The first-order chi connectivity index (χ1) is 11.9. The number of hydrogen-bond donors (Lipinski definition) is 0. The SMILES string of the molecule is COC12CCC3(CO1)C1=CCC4(C)C(C(C)=O)CCC4C1CCC3C2. The van der Waals surface area contributed by atoms with E-state index in [0.29, 0.717) is 17.6 Å². The lowest BCUT2D eigenvalue weighted by Gasteiger charge is -2.63. The van der Waals surface area contributed by atoms with Gasteiger partial charge in [0.1, 0.15) is 5.78 Å². The standard InChI is InChI=1S/C22H32O3/c1-14(23)17-6-7-18-16-5-4-15-12-22(24-3)11-10-21(15,13-25-22)19(16)8-9-20(17,18)2/h8,15-18H,4-7,9-13H2,1-3H3. The Kier molecular flexibility index (Phi) is 3.43. The Morgan fingerprint density at radius 1 is 1.24 bits per heavy atom. The van der Waals surface area contributed by atoms with E-state index in [0.717, 1.165) is 38.2 Å². The maximum absolute atomic E-state index is 12.2. The number of allylic oxidation sites excluding steroid dienone is 1. The lowest BCUT2D eigenvalue weighted by atomic mass is 9.47. The first-order valence-corrected chi connectivity index (χ1v) is 10.3. The van der Waals surface area contributed by atoms with E-state index in [1.807, 2.05) is 14.0 Å². The van der Waals surface area contributed by atoms with Crippen molar-refractivity contribution in [1.29, 1.82) is 0 Å². The molecule has 7 unspecified atom stereocenters. The molecule has 2 aliphatic heterocycles. The molecule has 2 bridgehead atoms. The maximum atomic E-state index is 12.2. The number of fused-ring (bicyclic) bond motifs is 5. The van der Waals surface area contributed by atoms with Crippen molar-refractivity contribution in [3.63, 3.8) is 0 Å². The molecule has 7 atom stereocenters. The van der Waals surface area contributed by atoms with Crippen LogP contribution in [0.25, 0.3) is 0 Å². The highest BCUT2D eigenvalue weighted by Crippen LogP contribution is 2.68. The summed E-state index contributed by atoms with van der Waals surface area (Å²) in [5.74, 6) is 2.52. The number of methoxy groups -OCH3 is 1. The summed E-state index contributed by atoms with van der Waals surface area (Å²) < 4.78 is 12.1. The maximum Gasteiger partial charge on any atom is 0.168 e. The largest absolute Gasteiger partial charge is 0.353 e. The van der Waals surface area contributed by atoms with Crippen LogP contribution in [-0.4, -0.2) is 25.3 Å². The lowest BCUT2D eigenvalue weighted by molar-refractivity contribution is -0.317. The summed E-state index contributed by atoms with van der Waals surface area (Å²) in [7, 11) is 1.82. The highest BCUT2D eigenvalue weighted by molar-refractivity contribution is 5.79. The van der Waals surface area contributed by atoms with E-state index in [1.54, 1.807) is 5.57 Å². The zero-order chi connectivity index (χ0) is 17.4. The van der Waals surface area contributed by atoms with Gasteiger partial charge in [-0.3, -0.25) is 4.79 Å². The fourth-order valence-electron chi connectivity index (χ4n) is 7.85.